The summed E-state index contributed by atoms with van der Waals surface area (Å²) in [5, 5.41) is 0. The third-order valence-electron chi connectivity index (χ3n) is 4.69. The molecule has 1 aromatic carbocycles. The van der Waals surface area contributed by atoms with Crippen LogP contribution in [0.15, 0.2) is 57.9 Å². The first-order chi connectivity index (χ1) is 13.7. The highest BCUT2D eigenvalue weighted by atomic mass is 16.5. The van der Waals surface area contributed by atoms with Crippen molar-refractivity contribution in [3.05, 3.63) is 60.5 Å². The Balaban J connectivity index is 1.46. The lowest BCUT2D eigenvalue weighted by molar-refractivity contribution is 0.0515. The summed E-state index contributed by atoms with van der Waals surface area (Å²) >= 11 is 0. The molecule has 0 spiro atoms. The first-order valence-electron chi connectivity index (χ1n) is 8.87. The SMILES string of the molecule is COc1cccc(-c2ocnc2C(=O)N2CCN(C(=O)c3ccco3)CC2)c1. The van der Waals surface area contributed by atoms with Gasteiger partial charge >= 0.3 is 0 Å². The Bertz CT molecular complexity index is 971. The van der Waals surface area contributed by atoms with Gasteiger partial charge in [-0.3, -0.25) is 9.59 Å². The zero-order valence-electron chi connectivity index (χ0n) is 15.3. The van der Waals surface area contributed by atoms with E-state index in [4.69, 9.17) is 13.6 Å². The van der Waals surface area contributed by atoms with E-state index < -0.39 is 0 Å². The summed E-state index contributed by atoms with van der Waals surface area (Å²) in [6, 6.07) is 10.6. The fraction of sp³-hybridized carbons (Fsp3) is 0.250. The monoisotopic (exact) mass is 381 g/mol. The Morgan fingerprint density at radius 2 is 1.75 bits per heavy atom. The van der Waals surface area contributed by atoms with E-state index in [1.165, 1.54) is 12.7 Å². The number of carbonyl (C=O) groups is 2. The number of aromatic nitrogens is 1. The molecule has 4 rings (SSSR count). The molecule has 1 aliphatic rings. The number of piperazine rings is 1. The summed E-state index contributed by atoms with van der Waals surface area (Å²) in [6.07, 6.45) is 2.73. The lowest BCUT2D eigenvalue weighted by Gasteiger charge is -2.34. The number of benzene rings is 1. The maximum absolute atomic E-state index is 13.0. The molecule has 0 N–H and O–H groups in total. The van der Waals surface area contributed by atoms with Crippen LogP contribution < -0.4 is 4.74 Å². The number of furan rings is 1. The molecule has 1 fully saturated rings. The Hall–Kier alpha value is -3.55. The third kappa shape index (κ3) is 3.36. The molecule has 0 radical (unpaired) electrons. The molecule has 0 saturated carbocycles. The maximum Gasteiger partial charge on any atom is 0.289 e. The molecule has 0 aliphatic carbocycles. The molecule has 8 nitrogen and oxygen atoms in total. The van der Waals surface area contributed by atoms with Crippen molar-refractivity contribution < 1.29 is 23.2 Å². The van der Waals surface area contributed by atoms with Gasteiger partial charge in [0.05, 0.1) is 13.4 Å². The Morgan fingerprint density at radius 3 is 2.43 bits per heavy atom. The fourth-order valence-corrected chi connectivity index (χ4v) is 3.19. The van der Waals surface area contributed by atoms with Crippen molar-refractivity contribution in [1.82, 2.24) is 14.8 Å². The summed E-state index contributed by atoms with van der Waals surface area (Å²) < 4.78 is 15.9. The third-order valence-corrected chi connectivity index (χ3v) is 4.69. The summed E-state index contributed by atoms with van der Waals surface area (Å²) in [5.41, 5.74) is 0.964. The molecule has 0 bridgehead atoms. The van der Waals surface area contributed by atoms with Gasteiger partial charge in [-0.05, 0) is 24.3 Å². The number of hydrogen-bond donors (Lipinski definition) is 0. The average molecular weight is 381 g/mol. The van der Waals surface area contributed by atoms with Crippen LogP contribution in [0.5, 0.6) is 5.75 Å². The van der Waals surface area contributed by atoms with E-state index in [0.717, 1.165) is 0 Å². The number of nitrogens with zero attached hydrogens (tertiary/aromatic N) is 3. The zero-order chi connectivity index (χ0) is 19.5. The lowest BCUT2D eigenvalue weighted by Crippen LogP contribution is -2.50. The molecule has 3 heterocycles. The van der Waals surface area contributed by atoms with Crippen LogP contribution in [0, 0.1) is 0 Å². The van der Waals surface area contributed by atoms with Gasteiger partial charge < -0.3 is 23.4 Å². The van der Waals surface area contributed by atoms with E-state index in [0.29, 0.717) is 49.0 Å². The summed E-state index contributed by atoms with van der Waals surface area (Å²) in [5.74, 6) is 0.971. The number of carbonyl (C=O) groups excluding carboxylic acids is 2. The fourth-order valence-electron chi connectivity index (χ4n) is 3.19. The quantitative estimate of drug-likeness (QED) is 0.690. The first-order valence-corrected chi connectivity index (χ1v) is 8.87. The molecule has 28 heavy (non-hydrogen) atoms. The predicted octanol–water partition coefficient (Wildman–Crippen LogP) is 2.54. The summed E-state index contributed by atoms with van der Waals surface area (Å²) in [4.78, 5) is 32.8. The minimum absolute atomic E-state index is 0.171. The molecule has 2 aromatic heterocycles. The van der Waals surface area contributed by atoms with Gasteiger partial charge in [-0.25, -0.2) is 4.98 Å². The largest absolute Gasteiger partial charge is 0.497 e. The van der Waals surface area contributed by atoms with E-state index in [-0.39, 0.29) is 17.5 Å². The molecule has 1 aliphatic heterocycles. The van der Waals surface area contributed by atoms with Crippen LogP contribution in [-0.2, 0) is 0 Å². The molecule has 0 atom stereocenters. The smallest absolute Gasteiger partial charge is 0.289 e. The minimum atomic E-state index is -0.225. The van der Waals surface area contributed by atoms with Crippen molar-refractivity contribution in [3.63, 3.8) is 0 Å². The van der Waals surface area contributed by atoms with Gasteiger partial charge in [0.2, 0.25) is 0 Å². The van der Waals surface area contributed by atoms with Crippen LogP contribution in [0.3, 0.4) is 0 Å². The molecular formula is C20H19N3O5. The van der Waals surface area contributed by atoms with Crippen LogP contribution in [0.2, 0.25) is 0 Å². The first kappa shape index (κ1) is 17.8. The number of methoxy groups -OCH3 is 1. The van der Waals surface area contributed by atoms with Crippen LogP contribution >= 0.6 is 0 Å². The maximum atomic E-state index is 13.0. The highest BCUT2D eigenvalue weighted by Crippen LogP contribution is 2.27. The van der Waals surface area contributed by atoms with Gasteiger partial charge in [-0.2, -0.15) is 0 Å². The van der Waals surface area contributed by atoms with Crippen molar-refractivity contribution in [2.75, 3.05) is 33.3 Å². The van der Waals surface area contributed by atoms with Crippen molar-refractivity contribution >= 4 is 11.8 Å². The van der Waals surface area contributed by atoms with Gasteiger partial charge in [0, 0.05) is 31.7 Å². The normalized spacial score (nSPS) is 14.2. The van der Waals surface area contributed by atoms with Crippen molar-refractivity contribution in [2.45, 2.75) is 0 Å². The highest BCUT2D eigenvalue weighted by Gasteiger charge is 2.29. The number of ether oxygens (including phenoxy) is 1. The Labute approximate surface area is 161 Å². The Kier molecular flexibility index (Phi) is 4.84. The molecule has 2 amide bonds. The number of oxazole rings is 1. The Morgan fingerprint density at radius 1 is 1.00 bits per heavy atom. The number of amides is 2. The second-order valence-electron chi connectivity index (χ2n) is 6.32. The van der Waals surface area contributed by atoms with E-state index in [9.17, 15) is 9.59 Å². The molecule has 8 heteroatoms. The van der Waals surface area contributed by atoms with Crippen molar-refractivity contribution in [2.24, 2.45) is 0 Å². The van der Waals surface area contributed by atoms with Gasteiger partial charge in [0.15, 0.2) is 23.6 Å². The minimum Gasteiger partial charge on any atom is -0.497 e. The molecule has 3 aromatic rings. The van der Waals surface area contributed by atoms with Crippen molar-refractivity contribution in [3.8, 4) is 17.1 Å². The second kappa shape index (κ2) is 7.59. The van der Waals surface area contributed by atoms with Crippen LogP contribution in [0.1, 0.15) is 21.0 Å². The molecular weight excluding hydrogens is 362 g/mol. The van der Waals surface area contributed by atoms with E-state index in [1.807, 2.05) is 18.2 Å². The van der Waals surface area contributed by atoms with Gasteiger partial charge in [-0.15, -0.1) is 0 Å². The standard InChI is InChI=1S/C20H19N3O5/c1-26-15-5-2-4-14(12-15)18-17(21-13-28-18)20(25)23-9-7-22(8-10-23)19(24)16-6-3-11-27-16/h2-6,11-13H,7-10H2,1H3. The van der Waals surface area contributed by atoms with E-state index >= 15 is 0 Å². The lowest BCUT2D eigenvalue weighted by atomic mass is 10.1. The van der Waals surface area contributed by atoms with Crippen molar-refractivity contribution in [1.29, 1.82) is 0 Å². The zero-order valence-corrected chi connectivity index (χ0v) is 15.3. The average Bonchev–Trinajstić information content (AvgIpc) is 3.45. The second-order valence-corrected chi connectivity index (χ2v) is 6.32. The topological polar surface area (TPSA) is 89.0 Å². The van der Waals surface area contributed by atoms with Gasteiger partial charge in [-0.1, -0.05) is 12.1 Å². The van der Waals surface area contributed by atoms with Crippen LogP contribution in [-0.4, -0.2) is 59.9 Å². The highest BCUT2D eigenvalue weighted by molar-refractivity contribution is 5.98. The van der Waals surface area contributed by atoms with Crippen LogP contribution in [0.25, 0.3) is 11.3 Å². The van der Waals surface area contributed by atoms with E-state index in [1.54, 1.807) is 35.1 Å². The van der Waals surface area contributed by atoms with Gasteiger partial charge in [0.1, 0.15) is 5.75 Å². The predicted molar refractivity (Wildman–Crippen MR) is 99.0 cm³/mol. The van der Waals surface area contributed by atoms with Gasteiger partial charge in [0.25, 0.3) is 11.8 Å². The molecule has 144 valence electrons. The van der Waals surface area contributed by atoms with E-state index in [2.05, 4.69) is 4.98 Å². The number of hydrogen-bond acceptors (Lipinski definition) is 6. The molecule has 0 unspecified atom stereocenters. The van der Waals surface area contributed by atoms with Crippen LogP contribution in [0.4, 0.5) is 0 Å². The summed E-state index contributed by atoms with van der Waals surface area (Å²) in [7, 11) is 1.58. The molecule has 1 saturated heterocycles. The number of rotatable bonds is 4. The summed E-state index contributed by atoms with van der Waals surface area (Å²) in [6.45, 7) is 1.68.